The number of carbonyl (C=O) groups is 2. The Labute approximate surface area is 204 Å². The summed E-state index contributed by atoms with van der Waals surface area (Å²) in [6.45, 7) is -1.28. The number of amides is 1. The lowest BCUT2D eigenvalue weighted by atomic mass is 9.95. The lowest BCUT2D eigenvalue weighted by Crippen LogP contribution is -2.49. The van der Waals surface area contributed by atoms with E-state index in [1.807, 2.05) is 27.9 Å². The number of carbonyl (C=O) groups excluding carboxylic acids is 1. The van der Waals surface area contributed by atoms with E-state index in [0.717, 1.165) is 48.1 Å². The molecule has 0 radical (unpaired) electrons. The summed E-state index contributed by atoms with van der Waals surface area (Å²) < 4.78 is 39.3. The fourth-order valence-corrected chi connectivity index (χ4v) is 5.08. The molecule has 3 rings (SSSR count). The number of aromatic nitrogens is 2. The Kier molecular flexibility index (Phi) is 7.43. The van der Waals surface area contributed by atoms with Crippen molar-refractivity contribution in [2.75, 3.05) is 6.54 Å². The van der Waals surface area contributed by atoms with E-state index in [4.69, 9.17) is 5.11 Å². The summed E-state index contributed by atoms with van der Waals surface area (Å²) in [5.41, 5.74) is -3.64. The molecule has 0 bridgehead atoms. The second-order valence-electron chi connectivity index (χ2n) is 7.96. The third-order valence-corrected chi connectivity index (χ3v) is 7.15. The predicted molar refractivity (Wildman–Crippen MR) is 122 cm³/mol. The van der Waals surface area contributed by atoms with Crippen molar-refractivity contribution in [2.45, 2.75) is 48.4 Å². The monoisotopic (exact) mass is 595 g/mol. The number of hydrogen-bond donors (Lipinski definition) is 3. The van der Waals surface area contributed by atoms with Crippen LogP contribution in [0.15, 0.2) is 33.9 Å². The molecule has 13 heteroatoms. The molecule has 1 heterocycles. The van der Waals surface area contributed by atoms with Crippen LogP contribution >= 0.6 is 22.6 Å². The first-order valence-electron chi connectivity index (χ1n) is 10.3. The first-order valence-corrected chi connectivity index (χ1v) is 11.4. The Morgan fingerprint density at radius 3 is 2.21 bits per heavy atom. The zero-order chi connectivity index (χ0) is 25.3. The molecule has 3 N–H and O–H groups in total. The van der Waals surface area contributed by atoms with Crippen LogP contribution in [0.4, 0.5) is 13.2 Å². The molecule has 184 valence electrons. The van der Waals surface area contributed by atoms with Gasteiger partial charge < -0.3 is 15.5 Å². The van der Waals surface area contributed by atoms with E-state index >= 15 is 0 Å². The fraction of sp³-hybridized carbons (Fsp3) is 0.429. The van der Waals surface area contributed by atoms with Crippen molar-refractivity contribution in [1.29, 1.82) is 0 Å². The second-order valence-corrected chi connectivity index (χ2v) is 9.97. The lowest BCUT2D eigenvalue weighted by Gasteiger charge is -2.34. The highest BCUT2D eigenvalue weighted by Crippen LogP contribution is 2.42. The molecule has 1 amide bonds. The summed E-state index contributed by atoms with van der Waals surface area (Å²) in [6, 6.07) is 3.83. The van der Waals surface area contributed by atoms with Crippen LogP contribution in [0, 0.1) is 0 Å². The third-order valence-electron chi connectivity index (χ3n) is 5.59. The first-order chi connectivity index (χ1) is 15.8. The molecule has 1 saturated carbocycles. The van der Waals surface area contributed by atoms with Crippen molar-refractivity contribution in [3.05, 3.63) is 61.8 Å². The van der Waals surface area contributed by atoms with E-state index in [9.17, 15) is 37.5 Å². The van der Waals surface area contributed by atoms with E-state index in [0.29, 0.717) is 17.4 Å². The number of rotatable bonds is 6. The molecule has 1 aliphatic rings. The van der Waals surface area contributed by atoms with Crippen molar-refractivity contribution >= 4 is 34.5 Å². The van der Waals surface area contributed by atoms with Gasteiger partial charge in [-0.3, -0.25) is 19.0 Å². The average molecular weight is 595 g/mol. The van der Waals surface area contributed by atoms with Crippen LogP contribution in [0.3, 0.4) is 0 Å². The van der Waals surface area contributed by atoms with Crippen molar-refractivity contribution in [2.24, 2.45) is 0 Å². The summed E-state index contributed by atoms with van der Waals surface area (Å²) in [6.07, 6.45) is -1.27. The third kappa shape index (κ3) is 5.28. The molecule has 0 saturated heterocycles. The molecule has 1 fully saturated rings. The lowest BCUT2D eigenvalue weighted by molar-refractivity contribution is -0.138. The number of halogens is 4. The minimum absolute atomic E-state index is 0.187. The molecule has 0 atom stereocenters. The van der Waals surface area contributed by atoms with Crippen molar-refractivity contribution in [3.8, 4) is 5.88 Å². The summed E-state index contributed by atoms with van der Waals surface area (Å²) in [5, 5.41) is 21.7. The van der Waals surface area contributed by atoms with Gasteiger partial charge in [-0.15, -0.1) is 0 Å². The number of nitrogens with zero attached hydrogens (tertiary/aromatic N) is 2. The van der Waals surface area contributed by atoms with Crippen LogP contribution in [0.1, 0.15) is 53.6 Å². The zero-order valence-electron chi connectivity index (χ0n) is 17.7. The van der Waals surface area contributed by atoms with Gasteiger partial charge in [0.25, 0.3) is 11.5 Å². The Bertz CT molecular complexity index is 1210. The van der Waals surface area contributed by atoms with Crippen LogP contribution in [-0.2, 0) is 21.1 Å². The van der Waals surface area contributed by atoms with E-state index in [2.05, 4.69) is 0 Å². The highest BCUT2D eigenvalue weighted by molar-refractivity contribution is 14.1. The summed E-state index contributed by atoms with van der Waals surface area (Å²) in [5.74, 6) is -3.45. The minimum Gasteiger partial charge on any atom is -0.494 e. The molecule has 34 heavy (non-hydrogen) atoms. The van der Waals surface area contributed by atoms with Gasteiger partial charge in [-0.2, -0.15) is 13.2 Å². The van der Waals surface area contributed by atoms with E-state index in [-0.39, 0.29) is 5.56 Å². The maximum absolute atomic E-state index is 13.3. The first kappa shape index (κ1) is 25.8. The summed E-state index contributed by atoms with van der Waals surface area (Å²) in [7, 11) is 0. The molecular weight excluding hydrogens is 574 g/mol. The highest BCUT2D eigenvalue weighted by atomic mass is 127. The fourth-order valence-electron chi connectivity index (χ4n) is 3.88. The quantitative estimate of drug-likeness (QED) is 0.348. The van der Waals surface area contributed by atoms with Crippen molar-refractivity contribution in [1.82, 2.24) is 14.5 Å². The Balaban J connectivity index is 2.16. The van der Waals surface area contributed by atoms with Crippen LogP contribution in [0.5, 0.6) is 5.88 Å². The molecule has 1 aromatic heterocycles. The van der Waals surface area contributed by atoms with Gasteiger partial charge in [0.2, 0.25) is 5.88 Å². The summed E-state index contributed by atoms with van der Waals surface area (Å²) >= 11 is 1.99. The van der Waals surface area contributed by atoms with Gasteiger partial charge in [0, 0.05) is 0 Å². The largest absolute Gasteiger partial charge is 0.494 e. The average Bonchev–Trinajstić information content (AvgIpc) is 2.75. The second kappa shape index (κ2) is 9.80. The van der Waals surface area contributed by atoms with Gasteiger partial charge in [0.05, 0.1) is 12.1 Å². The number of alkyl halides is 4. The van der Waals surface area contributed by atoms with Gasteiger partial charge in [-0.05, 0) is 30.5 Å². The number of aromatic hydroxyl groups is 1. The maximum Gasteiger partial charge on any atom is 0.416 e. The zero-order valence-corrected chi connectivity index (χ0v) is 19.9. The molecule has 0 aliphatic heterocycles. The molecule has 0 spiro atoms. The maximum atomic E-state index is 13.3. The van der Waals surface area contributed by atoms with Gasteiger partial charge in [0.1, 0.15) is 10.1 Å². The number of nitrogens with one attached hydrogen (secondary N) is 1. The Hall–Kier alpha value is -2.84. The number of hydrogen-bond acceptors (Lipinski definition) is 5. The highest BCUT2D eigenvalue weighted by Gasteiger charge is 2.37. The smallest absolute Gasteiger partial charge is 0.416 e. The molecule has 9 nitrogen and oxygen atoms in total. The number of aliphatic carboxylic acids is 1. The van der Waals surface area contributed by atoms with Crippen molar-refractivity contribution < 1.29 is 33.0 Å². The standard InChI is InChI=1S/C21H21F3IN3O6/c22-21(23,24)13-6-4-12(5-7-13)11-27-17(32)15(16(31)26-10-14(29)30)18(33)28(19(27)34)20(25)8-2-1-3-9-20/h4-7,33H,1-3,8-11H2,(H,26,31)(H,29,30). The Morgan fingerprint density at radius 1 is 1.09 bits per heavy atom. The number of carboxylic acids is 1. The van der Waals surface area contributed by atoms with E-state index < -0.39 is 62.9 Å². The SMILES string of the molecule is O=C(O)CNC(=O)c1c(O)n(C2(I)CCCCC2)c(=O)n(Cc2ccc(C(F)(F)F)cc2)c1=O. The van der Waals surface area contributed by atoms with Gasteiger partial charge in [0.15, 0.2) is 5.56 Å². The van der Waals surface area contributed by atoms with Gasteiger partial charge in [-0.1, -0.05) is 54.0 Å². The van der Waals surface area contributed by atoms with E-state index in [1.165, 1.54) is 0 Å². The minimum atomic E-state index is -4.56. The van der Waals surface area contributed by atoms with E-state index in [1.54, 1.807) is 0 Å². The van der Waals surface area contributed by atoms with Crippen LogP contribution in [0.25, 0.3) is 0 Å². The number of benzene rings is 1. The molecule has 1 aromatic carbocycles. The van der Waals surface area contributed by atoms with Crippen LogP contribution in [0.2, 0.25) is 0 Å². The number of carboxylic acid groups (broad SMARTS) is 1. The Morgan fingerprint density at radius 2 is 1.68 bits per heavy atom. The van der Waals surface area contributed by atoms with Crippen LogP contribution in [-0.4, -0.2) is 37.8 Å². The van der Waals surface area contributed by atoms with Gasteiger partial charge in [-0.25, -0.2) is 9.36 Å². The molecule has 1 aliphatic carbocycles. The predicted octanol–water partition coefficient (Wildman–Crippen LogP) is 2.65. The summed E-state index contributed by atoms with van der Waals surface area (Å²) in [4.78, 5) is 49.9. The van der Waals surface area contributed by atoms with Crippen molar-refractivity contribution in [3.63, 3.8) is 0 Å². The topological polar surface area (TPSA) is 131 Å². The molecular formula is C21H21F3IN3O6. The molecule has 0 unspecified atom stereocenters. The van der Waals surface area contributed by atoms with Crippen LogP contribution < -0.4 is 16.6 Å². The molecule has 2 aromatic rings. The van der Waals surface area contributed by atoms with Gasteiger partial charge >= 0.3 is 17.8 Å². The normalized spacial score (nSPS) is 15.6.